The van der Waals surface area contributed by atoms with Crippen molar-refractivity contribution in [2.75, 3.05) is 0 Å². The molecule has 1 aliphatic heterocycles. The number of nitro groups is 2. The highest BCUT2D eigenvalue weighted by Gasteiger charge is 2.37. The van der Waals surface area contributed by atoms with E-state index in [2.05, 4.69) is 5.10 Å². The van der Waals surface area contributed by atoms with E-state index in [4.69, 9.17) is 16.0 Å². The van der Waals surface area contributed by atoms with Crippen molar-refractivity contribution < 1.29 is 19.1 Å². The summed E-state index contributed by atoms with van der Waals surface area (Å²) in [7, 11) is 0. The number of hydrogen-bond acceptors (Lipinski definition) is 7. The number of nitro benzene ring substituents is 2. The summed E-state index contributed by atoms with van der Waals surface area (Å²) < 4.78 is 5.39. The normalized spacial score (nSPS) is 15.6. The lowest BCUT2D eigenvalue weighted by atomic mass is 10.00. The third-order valence-electron chi connectivity index (χ3n) is 4.78. The fourth-order valence-electron chi connectivity index (χ4n) is 3.35. The van der Waals surface area contributed by atoms with Gasteiger partial charge in [-0.2, -0.15) is 5.10 Å². The van der Waals surface area contributed by atoms with Crippen molar-refractivity contribution in [1.29, 1.82) is 0 Å². The number of amides is 1. The quantitative estimate of drug-likeness (QED) is 0.415. The van der Waals surface area contributed by atoms with Gasteiger partial charge in [0.15, 0.2) is 0 Å². The Morgan fingerprint density at radius 2 is 1.90 bits per heavy atom. The summed E-state index contributed by atoms with van der Waals surface area (Å²) in [6, 6.07) is 12.5. The van der Waals surface area contributed by atoms with Crippen LogP contribution in [0.4, 0.5) is 11.4 Å². The lowest BCUT2D eigenvalue weighted by Gasteiger charge is -2.22. The van der Waals surface area contributed by atoms with Crippen molar-refractivity contribution in [3.8, 4) is 0 Å². The largest absolute Gasteiger partial charge is 0.463 e. The smallest absolute Gasteiger partial charge is 0.289 e. The number of hydrogen-bond donors (Lipinski definition) is 0. The van der Waals surface area contributed by atoms with Gasteiger partial charge in [-0.15, -0.1) is 0 Å². The fourth-order valence-corrected chi connectivity index (χ4v) is 3.55. The van der Waals surface area contributed by atoms with Gasteiger partial charge in [-0.1, -0.05) is 23.7 Å². The Kier molecular flexibility index (Phi) is 5.22. The maximum absolute atomic E-state index is 13.3. The van der Waals surface area contributed by atoms with Crippen molar-refractivity contribution in [2.24, 2.45) is 5.10 Å². The van der Waals surface area contributed by atoms with E-state index in [9.17, 15) is 25.0 Å². The molecule has 0 saturated heterocycles. The summed E-state index contributed by atoms with van der Waals surface area (Å²) >= 11 is 6.10. The van der Waals surface area contributed by atoms with Gasteiger partial charge in [-0.25, -0.2) is 5.01 Å². The number of rotatable bonds is 5. The molecular weight excluding hydrogens is 428 g/mol. The van der Waals surface area contributed by atoms with Crippen LogP contribution in [0.25, 0.3) is 0 Å². The molecule has 156 valence electrons. The summed E-state index contributed by atoms with van der Waals surface area (Å²) in [6.07, 6.45) is 1.76. The highest BCUT2D eigenvalue weighted by molar-refractivity contribution is 6.30. The van der Waals surface area contributed by atoms with Crippen LogP contribution < -0.4 is 0 Å². The second kappa shape index (κ2) is 8.00. The molecule has 0 aliphatic carbocycles. The molecule has 11 heteroatoms. The second-order valence-corrected chi connectivity index (χ2v) is 7.10. The predicted octanol–water partition coefficient (Wildman–Crippen LogP) is 4.74. The van der Waals surface area contributed by atoms with Crippen LogP contribution in [0, 0.1) is 20.2 Å². The summed E-state index contributed by atoms with van der Waals surface area (Å²) in [5.41, 5.74) is -0.322. The summed E-state index contributed by atoms with van der Waals surface area (Å²) in [5, 5.41) is 28.4. The Morgan fingerprint density at radius 3 is 2.55 bits per heavy atom. The number of hydrazone groups is 1. The van der Waals surface area contributed by atoms with E-state index in [-0.39, 0.29) is 5.56 Å². The van der Waals surface area contributed by atoms with Gasteiger partial charge in [0.05, 0.1) is 28.2 Å². The SMILES string of the molecule is O=C(c1ccc([N+](=O)[O-])cc1[N+](=O)[O-])N1N=C(c2ccco2)C[C@H]1c1cccc(Cl)c1. The standard InChI is InChI=1S/C20H13ClN4O6/c21-13-4-1-3-12(9-13)17-11-16(19-5-2-8-31-19)22-23(17)20(26)15-7-6-14(24(27)28)10-18(15)25(29)30/h1-10,17H,11H2/t17-/m0/s1. The Bertz CT molecular complexity index is 1220. The number of carbonyl (C=O) groups is 1. The molecule has 0 saturated carbocycles. The molecule has 0 spiro atoms. The van der Waals surface area contributed by atoms with Gasteiger partial charge in [0.2, 0.25) is 0 Å². The Hall–Kier alpha value is -4.05. The third kappa shape index (κ3) is 3.88. The van der Waals surface area contributed by atoms with E-state index in [1.807, 2.05) is 0 Å². The molecule has 0 bridgehead atoms. The number of furan rings is 1. The zero-order valence-corrected chi connectivity index (χ0v) is 16.4. The summed E-state index contributed by atoms with van der Waals surface area (Å²) in [6.45, 7) is 0. The zero-order chi connectivity index (χ0) is 22.1. The monoisotopic (exact) mass is 440 g/mol. The van der Waals surface area contributed by atoms with Gasteiger partial charge < -0.3 is 4.42 Å². The zero-order valence-electron chi connectivity index (χ0n) is 15.7. The van der Waals surface area contributed by atoms with Crippen LogP contribution in [-0.4, -0.2) is 26.5 Å². The van der Waals surface area contributed by atoms with Gasteiger partial charge in [-0.3, -0.25) is 25.0 Å². The molecule has 31 heavy (non-hydrogen) atoms. The summed E-state index contributed by atoms with van der Waals surface area (Å²) in [4.78, 5) is 34.2. The van der Waals surface area contributed by atoms with Crippen LogP contribution in [0.15, 0.2) is 70.4 Å². The first-order chi connectivity index (χ1) is 14.8. The van der Waals surface area contributed by atoms with Crippen LogP contribution >= 0.6 is 11.6 Å². The molecule has 4 rings (SSSR count). The molecule has 3 aromatic rings. The minimum atomic E-state index is -0.831. The number of halogens is 1. The molecule has 1 aliphatic rings. The molecule has 2 aromatic carbocycles. The predicted molar refractivity (Wildman–Crippen MR) is 110 cm³/mol. The minimum absolute atomic E-state index is 0.292. The molecular formula is C20H13ClN4O6. The fraction of sp³-hybridized carbons (Fsp3) is 0.100. The van der Waals surface area contributed by atoms with E-state index in [1.165, 1.54) is 6.26 Å². The maximum Gasteiger partial charge on any atom is 0.289 e. The first-order valence-electron chi connectivity index (χ1n) is 8.98. The highest BCUT2D eigenvalue weighted by Crippen LogP contribution is 2.36. The minimum Gasteiger partial charge on any atom is -0.463 e. The molecule has 10 nitrogen and oxygen atoms in total. The van der Waals surface area contributed by atoms with Crippen LogP contribution in [0.5, 0.6) is 0 Å². The second-order valence-electron chi connectivity index (χ2n) is 6.66. The Labute approximate surface area is 179 Å². The van der Waals surface area contributed by atoms with Crippen LogP contribution in [0.3, 0.4) is 0 Å². The third-order valence-corrected chi connectivity index (χ3v) is 5.01. The molecule has 0 fully saturated rings. The number of non-ortho nitro benzene ring substituents is 1. The average Bonchev–Trinajstić information content (AvgIpc) is 3.42. The van der Waals surface area contributed by atoms with Gasteiger partial charge in [0.1, 0.15) is 17.0 Å². The number of benzene rings is 2. The van der Waals surface area contributed by atoms with Crippen molar-refractivity contribution in [2.45, 2.75) is 12.5 Å². The van der Waals surface area contributed by atoms with Gasteiger partial charge in [0, 0.05) is 17.5 Å². The molecule has 0 N–H and O–H groups in total. The van der Waals surface area contributed by atoms with E-state index in [0.717, 1.165) is 23.2 Å². The van der Waals surface area contributed by atoms with Gasteiger partial charge in [0.25, 0.3) is 17.3 Å². The van der Waals surface area contributed by atoms with Crippen molar-refractivity contribution in [1.82, 2.24) is 5.01 Å². The molecule has 1 amide bonds. The Morgan fingerprint density at radius 1 is 1.10 bits per heavy atom. The molecule has 2 heterocycles. The van der Waals surface area contributed by atoms with E-state index in [1.54, 1.807) is 36.4 Å². The van der Waals surface area contributed by atoms with Crippen LogP contribution in [-0.2, 0) is 0 Å². The molecule has 1 aromatic heterocycles. The maximum atomic E-state index is 13.3. The lowest BCUT2D eigenvalue weighted by Crippen LogP contribution is -2.27. The van der Waals surface area contributed by atoms with E-state index >= 15 is 0 Å². The van der Waals surface area contributed by atoms with E-state index < -0.39 is 33.2 Å². The molecule has 1 atom stereocenters. The van der Waals surface area contributed by atoms with Crippen molar-refractivity contribution in [3.05, 3.63) is 103 Å². The summed E-state index contributed by atoms with van der Waals surface area (Å²) in [5.74, 6) is -0.311. The van der Waals surface area contributed by atoms with Crippen LogP contribution in [0.1, 0.15) is 34.1 Å². The first-order valence-corrected chi connectivity index (χ1v) is 9.36. The average molecular weight is 441 g/mol. The molecule has 0 radical (unpaired) electrons. The number of carbonyl (C=O) groups excluding carboxylic acids is 1. The highest BCUT2D eigenvalue weighted by atomic mass is 35.5. The van der Waals surface area contributed by atoms with E-state index in [0.29, 0.717) is 28.5 Å². The van der Waals surface area contributed by atoms with Crippen LogP contribution in [0.2, 0.25) is 5.02 Å². The number of nitrogens with zero attached hydrogens (tertiary/aromatic N) is 4. The topological polar surface area (TPSA) is 132 Å². The van der Waals surface area contributed by atoms with Crippen molar-refractivity contribution >= 4 is 34.6 Å². The first kappa shape index (κ1) is 20.2. The Balaban J connectivity index is 1.79. The molecule has 0 unspecified atom stereocenters. The lowest BCUT2D eigenvalue weighted by molar-refractivity contribution is -0.394. The van der Waals surface area contributed by atoms with Gasteiger partial charge >= 0.3 is 0 Å². The van der Waals surface area contributed by atoms with Gasteiger partial charge in [-0.05, 0) is 35.9 Å². The van der Waals surface area contributed by atoms with Crippen molar-refractivity contribution in [3.63, 3.8) is 0 Å².